The van der Waals surface area contributed by atoms with E-state index in [1.807, 2.05) is 6.07 Å². The number of benzene rings is 2. The predicted molar refractivity (Wildman–Crippen MR) is 110 cm³/mol. The van der Waals surface area contributed by atoms with Crippen molar-refractivity contribution in [2.45, 2.75) is 32.2 Å². The van der Waals surface area contributed by atoms with E-state index in [-0.39, 0.29) is 48.2 Å². The van der Waals surface area contributed by atoms with E-state index in [4.69, 9.17) is 5.11 Å². The van der Waals surface area contributed by atoms with Crippen molar-refractivity contribution in [3.63, 3.8) is 0 Å². The molecular formula is C23H24NNaO4. The molecule has 0 atom stereocenters. The first-order valence-corrected chi connectivity index (χ1v) is 9.17. The van der Waals surface area contributed by atoms with Crippen molar-refractivity contribution >= 4 is 17.6 Å². The quantitative estimate of drug-likeness (QED) is 0.539. The van der Waals surface area contributed by atoms with Gasteiger partial charge < -0.3 is 16.5 Å². The molecule has 2 N–H and O–H groups in total. The summed E-state index contributed by atoms with van der Waals surface area (Å²) in [6, 6.07) is 8.38. The summed E-state index contributed by atoms with van der Waals surface area (Å²) in [5.41, 5.74) is 4.35. The van der Waals surface area contributed by atoms with E-state index < -0.39 is 5.97 Å². The smallest absolute Gasteiger partial charge is 1.00 e. The van der Waals surface area contributed by atoms with Crippen LogP contribution in [-0.2, 0) is 30.6 Å². The van der Waals surface area contributed by atoms with Gasteiger partial charge in [-0.2, -0.15) is 0 Å². The van der Waals surface area contributed by atoms with E-state index in [2.05, 4.69) is 13.2 Å². The fourth-order valence-corrected chi connectivity index (χ4v) is 3.62. The number of carboxylic acid groups (broad SMARTS) is 1. The number of carbonyl (C=O) groups is 2. The van der Waals surface area contributed by atoms with Crippen LogP contribution in [0.4, 0.5) is 5.69 Å². The molecule has 146 valence electrons. The largest absolute Gasteiger partial charge is 1.00 e. The number of carbonyl (C=O) groups excluding carboxylic acids is 1. The summed E-state index contributed by atoms with van der Waals surface area (Å²) in [6.07, 6.45) is 5.43. The third-order valence-corrected chi connectivity index (χ3v) is 5.01. The van der Waals surface area contributed by atoms with Crippen LogP contribution in [0.25, 0.3) is 0 Å². The maximum Gasteiger partial charge on any atom is 1.00 e. The molecule has 0 aromatic heterocycles. The monoisotopic (exact) mass is 401 g/mol. The second kappa shape index (κ2) is 9.92. The molecule has 0 saturated heterocycles. The van der Waals surface area contributed by atoms with E-state index in [1.54, 1.807) is 29.2 Å². The molecule has 0 aliphatic carbocycles. The number of anilines is 1. The normalized spacial score (nSPS) is 12.7. The van der Waals surface area contributed by atoms with Crippen LogP contribution < -0.4 is 34.5 Å². The van der Waals surface area contributed by atoms with Crippen molar-refractivity contribution in [2.24, 2.45) is 0 Å². The van der Waals surface area contributed by atoms with Crippen LogP contribution in [0.3, 0.4) is 0 Å². The average Bonchev–Trinajstić information content (AvgIpc) is 2.68. The minimum atomic E-state index is -0.982. The minimum absolute atomic E-state index is 0. The number of hydrogen-bond acceptors (Lipinski definition) is 3. The molecule has 1 aliphatic heterocycles. The van der Waals surface area contributed by atoms with Gasteiger partial charge in [0.25, 0.3) is 0 Å². The van der Waals surface area contributed by atoms with E-state index in [1.165, 1.54) is 12.1 Å². The van der Waals surface area contributed by atoms with Crippen molar-refractivity contribution < 1.29 is 50.8 Å². The van der Waals surface area contributed by atoms with E-state index >= 15 is 0 Å². The van der Waals surface area contributed by atoms with Crippen molar-refractivity contribution in [3.05, 3.63) is 83.5 Å². The molecule has 1 aliphatic rings. The number of nitrogens with zero attached hydrogens (tertiary/aromatic N) is 1. The molecule has 5 nitrogen and oxygen atoms in total. The summed E-state index contributed by atoms with van der Waals surface area (Å²) >= 11 is 0. The van der Waals surface area contributed by atoms with Gasteiger partial charge >= 0.3 is 35.5 Å². The Bertz CT molecular complexity index is 957. The van der Waals surface area contributed by atoms with Gasteiger partial charge in [-0.25, -0.2) is 4.79 Å². The molecule has 0 unspecified atom stereocenters. The van der Waals surface area contributed by atoms with Crippen LogP contribution in [0, 0.1) is 0 Å². The summed E-state index contributed by atoms with van der Waals surface area (Å²) in [5, 5.41) is 19.7. The molecule has 0 radical (unpaired) electrons. The van der Waals surface area contributed by atoms with Gasteiger partial charge in [0.05, 0.1) is 12.1 Å². The number of amides is 1. The first-order valence-electron chi connectivity index (χ1n) is 9.17. The van der Waals surface area contributed by atoms with Gasteiger partial charge in [-0.1, -0.05) is 24.3 Å². The summed E-state index contributed by atoms with van der Waals surface area (Å²) in [6.45, 7) is 7.88. The number of rotatable bonds is 7. The number of aromatic carboxylic acids is 1. The molecule has 0 spiro atoms. The third-order valence-electron chi connectivity index (χ3n) is 5.01. The maximum absolute atomic E-state index is 12.7. The molecule has 6 heteroatoms. The zero-order valence-electron chi connectivity index (χ0n) is 17.6. The fourth-order valence-electron chi connectivity index (χ4n) is 3.62. The van der Waals surface area contributed by atoms with E-state index in [0.717, 1.165) is 27.9 Å². The van der Waals surface area contributed by atoms with Crippen molar-refractivity contribution in [1.29, 1.82) is 0 Å². The second-order valence-corrected chi connectivity index (χ2v) is 6.83. The van der Waals surface area contributed by atoms with Gasteiger partial charge in [-0.15, -0.1) is 13.2 Å². The number of carboxylic acids is 1. The number of aromatic hydroxyl groups is 1. The molecule has 2 aromatic carbocycles. The Kier molecular flexibility index (Phi) is 7.85. The molecule has 0 saturated carbocycles. The van der Waals surface area contributed by atoms with Crippen LogP contribution in [0.1, 0.15) is 40.5 Å². The Balaban J connectivity index is 0.00000225. The first-order chi connectivity index (χ1) is 13.5. The first kappa shape index (κ1) is 22.9. The minimum Gasteiger partial charge on any atom is -1.00 e. The van der Waals surface area contributed by atoms with Crippen LogP contribution in [0.15, 0.2) is 55.6 Å². The Morgan fingerprint density at radius 2 is 1.79 bits per heavy atom. The Hall–Kier alpha value is -2.34. The number of fused-ring (bicyclic) bond motifs is 1. The Morgan fingerprint density at radius 3 is 2.38 bits per heavy atom. The van der Waals surface area contributed by atoms with Crippen LogP contribution in [0.5, 0.6) is 5.75 Å². The van der Waals surface area contributed by atoms with E-state index in [9.17, 15) is 14.7 Å². The Labute approximate surface area is 194 Å². The zero-order chi connectivity index (χ0) is 20.3. The molecule has 1 amide bonds. The van der Waals surface area contributed by atoms with Crippen molar-refractivity contribution in [1.82, 2.24) is 0 Å². The van der Waals surface area contributed by atoms with Gasteiger partial charge in [-0.05, 0) is 54.2 Å². The summed E-state index contributed by atoms with van der Waals surface area (Å²) < 4.78 is 0. The van der Waals surface area contributed by atoms with Gasteiger partial charge in [0, 0.05) is 17.7 Å². The topological polar surface area (TPSA) is 77.8 Å². The van der Waals surface area contributed by atoms with Gasteiger partial charge in [0.1, 0.15) is 5.75 Å². The Morgan fingerprint density at radius 1 is 1.14 bits per heavy atom. The number of allylic oxidation sites excluding steroid dienone is 2. The van der Waals surface area contributed by atoms with Gasteiger partial charge in [0.2, 0.25) is 5.91 Å². The number of phenolic OH excluding ortho intramolecular Hbond substituents is 1. The number of hydrogen-bond donors (Lipinski definition) is 2. The molecule has 2 aromatic rings. The maximum atomic E-state index is 12.7. The van der Waals surface area contributed by atoms with Crippen molar-refractivity contribution in [3.8, 4) is 5.75 Å². The van der Waals surface area contributed by atoms with Gasteiger partial charge in [-0.3, -0.25) is 4.79 Å². The summed E-state index contributed by atoms with van der Waals surface area (Å²) in [4.78, 5) is 25.4. The average molecular weight is 401 g/mol. The fraction of sp³-hybridized carbons (Fsp3) is 0.217. The number of phenols is 1. The van der Waals surface area contributed by atoms with Crippen LogP contribution in [-0.4, -0.2) is 22.1 Å². The molecule has 1 heterocycles. The van der Waals surface area contributed by atoms with E-state index in [0.29, 0.717) is 32.2 Å². The summed E-state index contributed by atoms with van der Waals surface area (Å²) in [7, 11) is 0. The SMILES string of the molecule is C=CCc1cc2c(c(CC=C)c1O)CCC(=O)N2Cc1ccc(C(=O)O)cc1.[H-].[Na+]. The van der Waals surface area contributed by atoms with Crippen LogP contribution >= 0.6 is 0 Å². The van der Waals surface area contributed by atoms with Crippen molar-refractivity contribution in [2.75, 3.05) is 4.90 Å². The summed E-state index contributed by atoms with van der Waals surface area (Å²) in [5.74, 6) is -0.724. The van der Waals surface area contributed by atoms with Gasteiger partial charge in [0.15, 0.2) is 0 Å². The molecule has 29 heavy (non-hydrogen) atoms. The molecular weight excluding hydrogens is 377 g/mol. The zero-order valence-corrected chi connectivity index (χ0v) is 18.6. The second-order valence-electron chi connectivity index (χ2n) is 6.83. The third kappa shape index (κ3) is 4.81. The van der Waals surface area contributed by atoms with Crippen LogP contribution in [0.2, 0.25) is 0 Å². The molecule has 0 bridgehead atoms. The molecule has 3 rings (SSSR count). The molecule has 0 fully saturated rings. The standard InChI is InChI=1S/C23H23NO4.Na.H/c1-3-5-17-13-20-18(19(6-4-2)22(17)26)11-12-21(25)24(20)14-15-7-9-16(10-8-15)23(27)28;;/h3-4,7-10,13,26H,1-2,5-6,11-12,14H2,(H,27,28);;/q;+1;-1. The predicted octanol–water partition coefficient (Wildman–Crippen LogP) is 1.14.